The molecular formula is C25H28F3N7O. The first kappa shape index (κ1) is 23.4. The number of nitrogens with zero attached hydrogens (tertiary/aromatic N) is 5. The first-order valence-electron chi connectivity index (χ1n) is 12.4. The number of alkyl halides is 3. The van der Waals surface area contributed by atoms with Gasteiger partial charge in [0, 0.05) is 42.7 Å². The van der Waals surface area contributed by atoms with Gasteiger partial charge in [-0.1, -0.05) is 12.1 Å². The second-order valence-corrected chi connectivity index (χ2v) is 10.2. The maximum Gasteiger partial charge on any atom is 0.395 e. The normalized spacial score (nSPS) is 20.3. The van der Waals surface area contributed by atoms with Crippen LogP contribution in [0.15, 0.2) is 30.6 Å². The highest BCUT2D eigenvalue weighted by molar-refractivity contribution is 5.92. The van der Waals surface area contributed by atoms with Crippen LogP contribution in [0.2, 0.25) is 0 Å². The zero-order chi connectivity index (χ0) is 24.9. The number of nitrogens with one attached hydrogen (secondary N) is 2. The molecule has 11 heteroatoms. The van der Waals surface area contributed by atoms with Crippen LogP contribution in [0, 0.1) is 11.3 Å². The molecule has 6 rings (SSSR count). The summed E-state index contributed by atoms with van der Waals surface area (Å²) < 4.78 is 42.0. The first-order valence-corrected chi connectivity index (χ1v) is 12.4. The number of aromatic nitrogens is 4. The van der Waals surface area contributed by atoms with E-state index >= 15 is 0 Å². The molecule has 2 aromatic heterocycles. The molecule has 2 fully saturated rings. The second kappa shape index (κ2) is 8.81. The van der Waals surface area contributed by atoms with Crippen molar-refractivity contribution in [3.8, 4) is 11.3 Å². The Kier molecular flexibility index (Phi) is 5.71. The molecule has 0 spiro atoms. The highest BCUT2D eigenvalue weighted by Gasteiger charge is 2.63. The lowest BCUT2D eigenvalue weighted by Gasteiger charge is -2.34. The van der Waals surface area contributed by atoms with Crippen molar-refractivity contribution in [3.63, 3.8) is 0 Å². The SMILES string of the molecule is O=C(Nc1ncc2ccc(-c3cnc4n3CCNC4)cc2n1)C1CCN(CC2(C(F)(F)F)CC2)CC1. The number of amides is 1. The van der Waals surface area contributed by atoms with E-state index in [-0.39, 0.29) is 37.2 Å². The molecule has 2 aliphatic heterocycles. The van der Waals surface area contributed by atoms with Crippen LogP contribution in [0.1, 0.15) is 31.5 Å². The third kappa shape index (κ3) is 4.34. The minimum atomic E-state index is -4.15. The maximum atomic E-state index is 13.3. The monoisotopic (exact) mass is 499 g/mol. The van der Waals surface area contributed by atoms with E-state index in [9.17, 15) is 18.0 Å². The van der Waals surface area contributed by atoms with Gasteiger partial charge in [0.05, 0.1) is 29.4 Å². The highest BCUT2D eigenvalue weighted by atomic mass is 19.4. The molecule has 0 bridgehead atoms. The smallest absolute Gasteiger partial charge is 0.326 e. The molecule has 1 saturated heterocycles. The van der Waals surface area contributed by atoms with Gasteiger partial charge in [-0.3, -0.25) is 10.1 Å². The van der Waals surface area contributed by atoms with E-state index in [0.717, 1.165) is 47.6 Å². The Labute approximate surface area is 206 Å². The van der Waals surface area contributed by atoms with Gasteiger partial charge in [-0.25, -0.2) is 15.0 Å². The van der Waals surface area contributed by atoms with Crippen LogP contribution in [0.4, 0.5) is 19.1 Å². The standard InChI is InChI=1S/C25H28F3N7O/c26-25(27,28)24(5-6-24)15-34-8-3-16(4-9-34)22(36)33-23-31-12-18-2-1-17(11-19(18)32-23)20-13-30-21-14-29-7-10-35(20)21/h1-2,11-13,16,29H,3-10,14-15H2,(H,31,32,33,36). The van der Waals surface area contributed by atoms with Crippen molar-refractivity contribution in [2.75, 3.05) is 31.5 Å². The predicted octanol–water partition coefficient (Wildman–Crippen LogP) is 3.59. The van der Waals surface area contributed by atoms with Crippen LogP contribution in [0.25, 0.3) is 22.2 Å². The number of hydrogen-bond acceptors (Lipinski definition) is 6. The van der Waals surface area contributed by atoms with Crippen LogP contribution in [-0.2, 0) is 17.9 Å². The summed E-state index contributed by atoms with van der Waals surface area (Å²) >= 11 is 0. The average molecular weight is 500 g/mol. The number of rotatable bonds is 5. The molecule has 0 radical (unpaired) electrons. The fourth-order valence-corrected chi connectivity index (χ4v) is 5.34. The van der Waals surface area contributed by atoms with E-state index in [1.165, 1.54) is 0 Å². The van der Waals surface area contributed by atoms with Crippen LogP contribution < -0.4 is 10.6 Å². The van der Waals surface area contributed by atoms with E-state index < -0.39 is 11.6 Å². The summed E-state index contributed by atoms with van der Waals surface area (Å²) in [6.07, 6.45) is 0.879. The molecular weight excluding hydrogens is 471 g/mol. The minimum absolute atomic E-state index is 0.0396. The lowest BCUT2D eigenvalue weighted by Crippen LogP contribution is -2.44. The molecule has 4 heterocycles. The summed E-state index contributed by atoms with van der Waals surface area (Å²) in [4.78, 5) is 28.1. The van der Waals surface area contributed by atoms with Crippen LogP contribution in [0.5, 0.6) is 0 Å². The Morgan fingerprint density at radius 2 is 1.94 bits per heavy atom. The van der Waals surface area contributed by atoms with Gasteiger partial charge in [0.25, 0.3) is 0 Å². The fraction of sp³-hybridized carbons (Fsp3) is 0.520. The van der Waals surface area contributed by atoms with Gasteiger partial charge in [0.1, 0.15) is 5.82 Å². The lowest BCUT2D eigenvalue weighted by atomic mass is 9.94. The van der Waals surface area contributed by atoms with Gasteiger partial charge in [-0.05, 0) is 44.8 Å². The van der Waals surface area contributed by atoms with Gasteiger partial charge < -0.3 is 14.8 Å². The van der Waals surface area contributed by atoms with Crippen molar-refractivity contribution in [2.24, 2.45) is 11.3 Å². The van der Waals surface area contributed by atoms with Crippen molar-refractivity contribution in [1.29, 1.82) is 0 Å². The second-order valence-electron chi connectivity index (χ2n) is 10.2. The van der Waals surface area contributed by atoms with Gasteiger partial charge >= 0.3 is 6.18 Å². The van der Waals surface area contributed by atoms with Crippen LogP contribution in [-0.4, -0.2) is 62.7 Å². The summed E-state index contributed by atoms with van der Waals surface area (Å²) in [6, 6.07) is 5.96. The molecule has 2 N–H and O–H groups in total. The maximum absolute atomic E-state index is 13.3. The lowest BCUT2D eigenvalue weighted by molar-refractivity contribution is -0.192. The molecule has 36 heavy (non-hydrogen) atoms. The summed E-state index contributed by atoms with van der Waals surface area (Å²) in [5.41, 5.74) is 1.22. The molecule has 1 aromatic carbocycles. The van der Waals surface area contributed by atoms with Crippen molar-refractivity contribution in [1.82, 2.24) is 29.7 Å². The molecule has 1 aliphatic carbocycles. The number of likely N-dealkylation sites (tertiary alicyclic amines) is 1. The Morgan fingerprint density at radius 1 is 1.14 bits per heavy atom. The summed E-state index contributed by atoms with van der Waals surface area (Å²) in [5.74, 6) is 0.795. The van der Waals surface area contributed by atoms with Gasteiger partial charge in [-0.2, -0.15) is 13.2 Å². The number of anilines is 1. The Bertz CT molecular complexity index is 1290. The van der Waals surface area contributed by atoms with Gasteiger partial charge in [0.2, 0.25) is 11.9 Å². The number of hydrogen-bond donors (Lipinski definition) is 2. The predicted molar refractivity (Wildman–Crippen MR) is 128 cm³/mol. The van der Waals surface area contributed by atoms with Crippen molar-refractivity contribution in [3.05, 3.63) is 36.4 Å². The van der Waals surface area contributed by atoms with E-state index in [1.807, 2.05) is 29.3 Å². The van der Waals surface area contributed by atoms with Crippen LogP contribution in [0.3, 0.4) is 0 Å². The number of carbonyl (C=O) groups is 1. The summed E-state index contributed by atoms with van der Waals surface area (Å²) in [5, 5.41) is 7.00. The summed E-state index contributed by atoms with van der Waals surface area (Å²) in [7, 11) is 0. The summed E-state index contributed by atoms with van der Waals surface area (Å²) in [6.45, 7) is 3.51. The van der Waals surface area contributed by atoms with E-state index in [1.54, 1.807) is 6.20 Å². The average Bonchev–Trinajstić information content (AvgIpc) is 3.54. The van der Waals surface area contributed by atoms with Gasteiger partial charge in [0.15, 0.2) is 0 Å². The topological polar surface area (TPSA) is 88.0 Å². The molecule has 1 saturated carbocycles. The molecule has 3 aromatic rings. The number of halogens is 3. The quantitative estimate of drug-likeness (QED) is 0.558. The third-order valence-corrected chi connectivity index (χ3v) is 7.79. The number of benzene rings is 1. The zero-order valence-electron chi connectivity index (χ0n) is 19.8. The fourth-order valence-electron chi connectivity index (χ4n) is 5.34. The Hall–Kier alpha value is -3.05. The number of imidazole rings is 1. The number of fused-ring (bicyclic) bond motifs is 2. The number of carbonyl (C=O) groups excluding carboxylic acids is 1. The van der Waals surface area contributed by atoms with Crippen LogP contribution >= 0.6 is 0 Å². The van der Waals surface area contributed by atoms with Crippen molar-refractivity contribution >= 4 is 22.8 Å². The van der Waals surface area contributed by atoms with E-state index in [0.29, 0.717) is 25.9 Å². The molecule has 1 amide bonds. The molecule has 8 nitrogen and oxygen atoms in total. The number of piperidine rings is 1. The molecule has 0 atom stereocenters. The minimum Gasteiger partial charge on any atom is -0.326 e. The van der Waals surface area contributed by atoms with Crippen molar-refractivity contribution in [2.45, 2.75) is 44.9 Å². The first-order chi connectivity index (χ1) is 17.3. The largest absolute Gasteiger partial charge is 0.395 e. The Balaban J connectivity index is 1.11. The van der Waals surface area contributed by atoms with Crippen molar-refractivity contribution < 1.29 is 18.0 Å². The molecule has 3 aliphatic rings. The zero-order valence-corrected chi connectivity index (χ0v) is 19.8. The van der Waals surface area contributed by atoms with E-state index in [4.69, 9.17) is 0 Å². The molecule has 0 unspecified atom stereocenters. The highest BCUT2D eigenvalue weighted by Crippen LogP contribution is 2.58. The van der Waals surface area contributed by atoms with Gasteiger partial charge in [-0.15, -0.1) is 0 Å². The molecule has 190 valence electrons. The van der Waals surface area contributed by atoms with E-state index in [2.05, 4.69) is 30.2 Å². The third-order valence-electron chi connectivity index (χ3n) is 7.79. The Morgan fingerprint density at radius 3 is 2.69 bits per heavy atom.